The first-order chi connectivity index (χ1) is 8.31. The quantitative estimate of drug-likeness (QED) is 0.830. The van der Waals surface area contributed by atoms with Crippen molar-refractivity contribution in [3.05, 3.63) is 39.4 Å². The van der Waals surface area contributed by atoms with E-state index < -0.39 is 0 Å². The van der Waals surface area contributed by atoms with Crippen molar-refractivity contribution < 1.29 is 0 Å². The summed E-state index contributed by atoms with van der Waals surface area (Å²) in [6, 6.07) is 6.49. The third-order valence-electron chi connectivity index (χ3n) is 2.82. The number of hydrogen-bond donors (Lipinski definition) is 1. The fourth-order valence-corrected chi connectivity index (χ4v) is 2.23. The Morgan fingerprint density at radius 1 is 1.33 bits per heavy atom. The molecule has 1 N–H and O–H groups in total. The molecule has 100 valence electrons. The Morgan fingerprint density at radius 2 is 2.00 bits per heavy atom. The lowest BCUT2D eigenvalue weighted by Gasteiger charge is -2.21. The number of halogens is 1. The van der Waals surface area contributed by atoms with E-state index in [4.69, 9.17) is 0 Å². The Bertz CT molecular complexity index is 427. The monoisotopic (exact) mass is 309 g/mol. The molecule has 1 nitrogen and oxygen atoms in total. The summed E-state index contributed by atoms with van der Waals surface area (Å²) in [7, 11) is 0. The molecule has 0 heterocycles. The molecule has 0 saturated carbocycles. The van der Waals surface area contributed by atoms with Gasteiger partial charge in [0, 0.05) is 16.6 Å². The van der Waals surface area contributed by atoms with E-state index in [1.165, 1.54) is 21.2 Å². The average Bonchev–Trinajstić information content (AvgIpc) is 2.25. The molecule has 0 atom stereocenters. The Morgan fingerprint density at radius 3 is 2.50 bits per heavy atom. The third kappa shape index (κ3) is 5.36. The molecule has 0 aliphatic heterocycles. The van der Waals surface area contributed by atoms with Crippen LogP contribution in [-0.2, 0) is 0 Å². The van der Waals surface area contributed by atoms with Crippen LogP contribution in [0.1, 0.15) is 45.2 Å². The number of hydrogen-bond acceptors (Lipinski definition) is 1. The summed E-state index contributed by atoms with van der Waals surface area (Å²) < 4.78 is 1.17. The van der Waals surface area contributed by atoms with Crippen molar-refractivity contribution >= 4 is 22.0 Å². The van der Waals surface area contributed by atoms with Crippen molar-refractivity contribution in [1.29, 1.82) is 0 Å². The standard InChI is InChI=1S/C16H24BrN/c1-6-13(11-18-16(3,4)5)10-14-8-7-12(2)9-15(14)17/h7-10,18H,6,11H2,1-5H3/b13-10-. The van der Waals surface area contributed by atoms with Crippen LogP contribution >= 0.6 is 15.9 Å². The molecule has 0 aliphatic carbocycles. The van der Waals surface area contributed by atoms with E-state index in [0.717, 1.165) is 13.0 Å². The maximum Gasteiger partial charge on any atom is 0.0250 e. The summed E-state index contributed by atoms with van der Waals surface area (Å²) in [4.78, 5) is 0. The van der Waals surface area contributed by atoms with Crippen molar-refractivity contribution in [2.24, 2.45) is 0 Å². The fourth-order valence-electron chi connectivity index (χ4n) is 1.63. The maximum absolute atomic E-state index is 3.63. The first-order valence-corrected chi connectivity index (χ1v) is 7.32. The minimum atomic E-state index is 0.165. The highest BCUT2D eigenvalue weighted by Crippen LogP contribution is 2.21. The summed E-state index contributed by atoms with van der Waals surface area (Å²) in [5.74, 6) is 0. The molecular weight excluding hydrogens is 286 g/mol. The predicted octanol–water partition coefficient (Wildman–Crippen LogP) is 4.94. The van der Waals surface area contributed by atoms with Crippen LogP contribution < -0.4 is 5.32 Å². The highest BCUT2D eigenvalue weighted by atomic mass is 79.9. The second kappa shape index (κ2) is 6.53. The van der Waals surface area contributed by atoms with Crippen LogP contribution in [0.2, 0.25) is 0 Å². The summed E-state index contributed by atoms with van der Waals surface area (Å²) in [6.45, 7) is 11.9. The highest BCUT2D eigenvalue weighted by Gasteiger charge is 2.09. The van der Waals surface area contributed by atoms with Crippen LogP contribution in [0.15, 0.2) is 28.2 Å². The van der Waals surface area contributed by atoms with Crippen molar-refractivity contribution in [2.75, 3.05) is 6.54 Å². The number of nitrogens with one attached hydrogen (secondary N) is 1. The van der Waals surface area contributed by atoms with E-state index in [2.05, 4.69) is 80.1 Å². The zero-order valence-electron chi connectivity index (χ0n) is 12.1. The normalized spacial score (nSPS) is 12.9. The van der Waals surface area contributed by atoms with Gasteiger partial charge in [-0.25, -0.2) is 0 Å². The molecule has 0 spiro atoms. The van der Waals surface area contributed by atoms with Crippen LogP contribution in [0, 0.1) is 6.92 Å². The Kier molecular flexibility index (Phi) is 5.61. The summed E-state index contributed by atoms with van der Waals surface area (Å²) in [5.41, 5.74) is 4.13. The molecule has 0 fully saturated rings. The zero-order chi connectivity index (χ0) is 13.8. The first-order valence-electron chi connectivity index (χ1n) is 6.52. The maximum atomic E-state index is 3.63. The fraction of sp³-hybridized carbons (Fsp3) is 0.500. The molecule has 0 bridgehead atoms. The van der Waals surface area contributed by atoms with Crippen molar-refractivity contribution in [2.45, 2.75) is 46.6 Å². The Balaban J connectivity index is 2.84. The van der Waals surface area contributed by atoms with Crippen molar-refractivity contribution in [1.82, 2.24) is 5.32 Å². The van der Waals surface area contributed by atoms with Crippen molar-refractivity contribution in [3.63, 3.8) is 0 Å². The first kappa shape index (κ1) is 15.5. The molecule has 0 radical (unpaired) electrons. The molecule has 1 aromatic rings. The van der Waals surface area contributed by atoms with Gasteiger partial charge in [-0.05, 0) is 51.3 Å². The van der Waals surface area contributed by atoms with Gasteiger partial charge in [0.05, 0.1) is 0 Å². The van der Waals surface area contributed by atoms with Gasteiger partial charge in [-0.15, -0.1) is 0 Å². The average molecular weight is 310 g/mol. The van der Waals surface area contributed by atoms with E-state index in [0.29, 0.717) is 0 Å². The second-order valence-corrected chi connectivity index (χ2v) is 6.64. The molecule has 0 aromatic heterocycles. The van der Waals surface area contributed by atoms with E-state index in [1.807, 2.05) is 0 Å². The van der Waals surface area contributed by atoms with Gasteiger partial charge < -0.3 is 5.32 Å². The summed E-state index contributed by atoms with van der Waals surface area (Å²) in [5, 5.41) is 3.54. The lowest BCUT2D eigenvalue weighted by atomic mass is 10.0. The molecular formula is C16H24BrN. The van der Waals surface area contributed by atoms with E-state index in [1.54, 1.807) is 0 Å². The van der Waals surface area contributed by atoms with Crippen LogP contribution in [0.4, 0.5) is 0 Å². The van der Waals surface area contributed by atoms with E-state index in [-0.39, 0.29) is 5.54 Å². The van der Waals surface area contributed by atoms with E-state index >= 15 is 0 Å². The van der Waals surface area contributed by atoms with Crippen LogP contribution in [-0.4, -0.2) is 12.1 Å². The van der Waals surface area contributed by atoms with Gasteiger partial charge in [-0.2, -0.15) is 0 Å². The topological polar surface area (TPSA) is 12.0 Å². The SMILES string of the molecule is CC/C(=C/c1ccc(C)cc1Br)CNC(C)(C)C. The Labute approximate surface area is 120 Å². The molecule has 0 amide bonds. The van der Waals surface area contributed by atoms with Gasteiger partial charge in [0.15, 0.2) is 0 Å². The van der Waals surface area contributed by atoms with Gasteiger partial charge in [0.25, 0.3) is 0 Å². The lowest BCUT2D eigenvalue weighted by molar-refractivity contribution is 0.443. The highest BCUT2D eigenvalue weighted by molar-refractivity contribution is 9.10. The number of aryl methyl sites for hydroxylation is 1. The van der Waals surface area contributed by atoms with Crippen LogP contribution in [0.3, 0.4) is 0 Å². The molecule has 2 heteroatoms. The molecule has 1 rings (SSSR count). The van der Waals surface area contributed by atoms with Crippen molar-refractivity contribution in [3.8, 4) is 0 Å². The minimum Gasteiger partial charge on any atom is -0.308 e. The van der Waals surface area contributed by atoms with Gasteiger partial charge in [-0.1, -0.05) is 46.6 Å². The van der Waals surface area contributed by atoms with Gasteiger partial charge >= 0.3 is 0 Å². The largest absolute Gasteiger partial charge is 0.308 e. The zero-order valence-corrected chi connectivity index (χ0v) is 13.7. The van der Waals surface area contributed by atoms with Gasteiger partial charge in [0.1, 0.15) is 0 Å². The van der Waals surface area contributed by atoms with E-state index in [9.17, 15) is 0 Å². The molecule has 0 unspecified atom stereocenters. The number of benzene rings is 1. The molecule has 0 aliphatic rings. The van der Waals surface area contributed by atoms with Crippen LogP contribution in [0.25, 0.3) is 6.08 Å². The smallest absolute Gasteiger partial charge is 0.0250 e. The third-order valence-corrected chi connectivity index (χ3v) is 3.50. The number of rotatable bonds is 4. The molecule has 18 heavy (non-hydrogen) atoms. The molecule has 0 saturated heterocycles. The second-order valence-electron chi connectivity index (χ2n) is 5.78. The Hall–Kier alpha value is -0.600. The summed E-state index contributed by atoms with van der Waals surface area (Å²) in [6.07, 6.45) is 3.35. The van der Waals surface area contributed by atoms with Gasteiger partial charge in [0.2, 0.25) is 0 Å². The lowest BCUT2D eigenvalue weighted by Crippen LogP contribution is -2.36. The minimum absolute atomic E-state index is 0.165. The van der Waals surface area contributed by atoms with Crippen LogP contribution in [0.5, 0.6) is 0 Å². The molecule has 1 aromatic carbocycles. The predicted molar refractivity (Wildman–Crippen MR) is 84.9 cm³/mol. The van der Waals surface area contributed by atoms with Gasteiger partial charge in [-0.3, -0.25) is 0 Å². The summed E-state index contributed by atoms with van der Waals surface area (Å²) >= 11 is 3.63.